The standard InChI is InChI=1S/C56H53N3O18S/c1-5-48(60)70-31-68-45-28-39(22-25-43(45)75-50(62)7-3)73-53(65)34-15-13-33(14-16-34)52(64)72-38-21-24-42(37(27-38)30-57-59-56-58-41-11-9-10-12-47(41)78-56)77-55(67)36-19-17-35(18-20-36)54(66)74-40-23-26-44(76-51(63)8-4)46(29-40)69-32-71-49(61)6-2/h5,7-12,21-30,33-36H,1,3-4,6,13-20,31-32H2,2H3,(H,58,59)/b57-30+. The molecule has 5 aromatic rings. The first-order valence-corrected chi connectivity index (χ1v) is 25.4. The Morgan fingerprint density at radius 2 is 1.00 bits per heavy atom. The molecule has 1 N–H and O–H groups in total. The number of fused-ring (bicyclic) bond motifs is 1. The van der Waals surface area contributed by atoms with Gasteiger partial charge in [0.15, 0.2) is 23.0 Å². The maximum Gasteiger partial charge on any atom is 0.335 e. The van der Waals surface area contributed by atoms with E-state index in [-0.39, 0.29) is 52.4 Å². The Morgan fingerprint density at radius 3 is 1.47 bits per heavy atom. The molecule has 22 heteroatoms. The molecule has 0 saturated heterocycles. The van der Waals surface area contributed by atoms with Gasteiger partial charge in [-0.25, -0.2) is 19.4 Å². The molecule has 406 valence electrons. The van der Waals surface area contributed by atoms with Gasteiger partial charge in [-0.05, 0) is 106 Å². The molecule has 1 heterocycles. The van der Waals surface area contributed by atoms with Crippen LogP contribution in [0.3, 0.4) is 0 Å². The number of hydrogen-bond donors (Lipinski definition) is 1. The van der Waals surface area contributed by atoms with Crippen molar-refractivity contribution < 1.29 is 85.7 Å². The number of carbonyl (C=O) groups is 8. The Morgan fingerprint density at radius 1 is 0.551 bits per heavy atom. The number of hydrogen-bond acceptors (Lipinski definition) is 22. The molecule has 78 heavy (non-hydrogen) atoms. The second-order valence-electron chi connectivity index (χ2n) is 17.4. The molecular weight excluding hydrogens is 1030 g/mol. The summed E-state index contributed by atoms with van der Waals surface area (Å²) in [6.07, 6.45) is 6.83. The van der Waals surface area contributed by atoms with Crippen LogP contribution in [0.5, 0.6) is 46.0 Å². The maximum atomic E-state index is 13.7. The molecule has 2 aliphatic rings. The first-order valence-electron chi connectivity index (χ1n) is 24.5. The average molecular weight is 1090 g/mol. The van der Waals surface area contributed by atoms with E-state index in [2.05, 4.69) is 35.2 Å². The summed E-state index contributed by atoms with van der Waals surface area (Å²) in [6, 6.07) is 20.2. The number of nitrogens with zero attached hydrogens (tertiary/aromatic N) is 2. The summed E-state index contributed by atoms with van der Waals surface area (Å²) in [5.41, 5.74) is 3.98. The van der Waals surface area contributed by atoms with Crippen LogP contribution in [-0.2, 0) is 47.8 Å². The van der Waals surface area contributed by atoms with Crippen molar-refractivity contribution in [2.45, 2.75) is 64.7 Å². The second kappa shape index (κ2) is 27.6. The zero-order chi connectivity index (χ0) is 55.6. The van der Waals surface area contributed by atoms with E-state index in [1.807, 2.05) is 24.3 Å². The van der Waals surface area contributed by atoms with Crippen LogP contribution in [0.1, 0.15) is 70.3 Å². The highest BCUT2D eigenvalue weighted by molar-refractivity contribution is 7.22. The molecule has 0 spiro atoms. The molecule has 1 aromatic heterocycles. The minimum absolute atomic E-state index is 0.0197. The predicted molar refractivity (Wildman–Crippen MR) is 279 cm³/mol. The molecule has 0 atom stereocenters. The van der Waals surface area contributed by atoms with Crippen molar-refractivity contribution in [2.24, 2.45) is 28.8 Å². The lowest BCUT2D eigenvalue weighted by molar-refractivity contribution is -0.150. The van der Waals surface area contributed by atoms with Gasteiger partial charge in [0.25, 0.3) is 0 Å². The van der Waals surface area contributed by atoms with Gasteiger partial charge in [0.2, 0.25) is 18.7 Å². The van der Waals surface area contributed by atoms with Gasteiger partial charge in [0.1, 0.15) is 23.0 Å². The van der Waals surface area contributed by atoms with Crippen LogP contribution in [-0.4, -0.2) is 72.5 Å². The number of aromatic nitrogens is 1. The van der Waals surface area contributed by atoms with Crippen LogP contribution in [0, 0.1) is 23.7 Å². The van der Waals surface area contributed by atoms with Gasteiger partial charge >= 0.3 is 47.8 Å². The number of para-hydroxylation sites is 1. The van der Waals surface area contributed by atoms with E-state index in [1.165, 1.54) is 72.1 Å². The number of hydrazone groups is 1. The van der Waals surface area contributed by atoms with Crippen LogP contribution in [0.4, 0.5) is 5.13 Å². The lowest BCUT2D eigenvalue weighted by Gasteiger charge is -2.26. The Bertz CT molecular complexity index is 3080. The molecule has 0 aliphatic heterocycles. The van der Waals surface area contributed by atoms with Crippen molar-refractivity contribution >= 4 is 80.7 Å². The Hall–Kier alpha value is -9.18. The minimum atomic E-state index is -0.780. The van der Waals surface area contributed by atoms with Gasteiger partial charge in [0, 0.05) is 42.3 Å². The number of thiazole rings is 1. The number of nitrogens with one attached hydrogen (secondary N) is 1. The molecule has 7 rings (SSSR count). The normalized spacial score (nSPS) is 16.8. The summed E-state index contributed by atoms with van der Waals surface area (Å²) < 4.78 is 55.2. The maximum absolute atomic E-state index is 13.7. The highest BCUT2D eigenvalue weighted by Crippen LogP contribution is 2.38. The lowest BCUT2D eigenvalue weighted by atomic mass is 9.82. The van der Waals surface area contributed by atoms with Crippen molar-refractivity contribution in [3.05, 3.63) is 122 Å². The molecule has 2 saturated carbocycles. The highest BCUT2D eigenvalue weighted by atomic mass is 32.1. The Balaban J connectivity index is 0.957. The first kappa shape index (κ1) is 56.5. The van der Waals surface area contributed by atoms with E-state index in [9.17, 15) is 38.4 Å². The minimum Gasteiger partial charge on any atom is -0.453 e. The molecule has 4 aromatic carbocycles. The Kier molecular flexibility index (Phi) is 20.0. The SMILES string of the molecule is C=CC(=O)OCOc1cc(OC(=O)C2CCC(C(=O)Oc3ccc(OC(=O)C4CCC(C(=O)Oc5ccc(OC(=O)C=C)c(OCOC(=O)CC)c5)CC4)c(/C=N/Nc4nc5ccccc5s4)c3)CC2)ccc1OC(=O)C=C. The first-order chi connectivity index (χ1) is 37.7. The summed E-state index contributed by atoms with van der Waals surface area (Å²) in [4.78, 5) is 105. The van der Waals surface area contributed by atoms with E-state index < -0.39 is 85.0 Å². The molecule has 0 radical (unpaired) electrons. The van der Waals surface area contributed by atoms with Crippen molar-refractivity contribution in [1.82, 2.24) is 4.98 Å². The fraction of sp³-hybridized carbons (Fsp3) is 0.286. The number of carbonyl (C=O) groups excluding carboxylic acids is 8. The summed E-state index contributed by atoms with van der Waals surface area (Å²) in [5.74, 6) is -6.98. The number of esters is 8. The van der Waals surface area contributed by atoms with E-state index >= 15 is 0 Å². The summed E-state index contributed by atoms with van der Waals surface area (Å²) in [5, 5.41) is 4.86. The molecular formula is C56H53N3O18S. The van der Waals surface area contributed by atoms with Crippen LogP contribution >= 0.6 is 11.3 Å². The van der Waals surface area contributed by atoms with E-state index in [0.717, 1.165) is 28.4 Å². The largest absolute Gasteiger partial charge is 0.453 e. The van der Waals surface area contributed by atoms with Crippen molar-refractivity contribution in [3.8, 4) is 46.0 Å². The third-order valence-electron chi connectivity index (χ3n) is 12.2. The number of anilines is 1. The van der Waals surface area contributed by atoms with Gasteiger partial charge in [-0.3, -0.25) is 29.4 Å². The molecule has 21 nitrogen and oxygen atoms in total. The monoisotopic (exact) mass is 1090 g/mol. The zero-order valence-electron chi connectivity index (χ0n) is 42.2. The van der Waals surface area contributed by atoms with Gasteiger partial charge in [0.05, 0.1) is 40.1 Å². The third kappa shape index (κ3) is 15.9. The number of ether oxygens (including phenoxy) is 10. The smallest absolute Gasteiger partial charge is 0.335 e. The van der Waals surface area contributed by atoms with Crippen LogP contribution < -0.4 is 43.3 Å². The number of benzene rings is 4. The van der Waals surface area contributed by atoms with E-state index in [1.54, 1.807) is 6.92 Å². The summed E-state index contributed by atoms with van der Waals surface area (Å²) in [7, 11) is 0. The molecule has 0 unspecified atom stereocenters. The topological polar surface area (TPSA) is 266 Å². The molecule has 0 amide bonds. The highest BCUT2D eigenvalue weighted by Gasteiger charge is 2.34. The second-order valence-corrected chi connectivity index (χ2v) is 18.4. The van der Waals surface area contributed by atoms with Gasteiger partial charge < -0.3 is 47.4 Å². The van der Waals surface area contributed by atoms with E-state index in [4.69, 9.17) is 47.4 Å². The molecule has 0 bridgehead atoms. The van der Waals surface area contributed by atoms with Gasteiger partial charge in [-0.2, -0.15) is 5.10 Å². The average Bonchev–Trinajstić information content (AvgIpc) is 3.87. The predicted octanol–water partition coefficient (Wildman–Crippen LogP) is 8.91. The molecule has 2 aliphatic carbocycles. The molecule has 2 fully saturated rings. The van der Waals surface area contributed by atoms with Gasteiger partial charge in [-0.1, -0.05) is 50.1 Å². The van der Waals surface area contributed by atoms with Gasteiger partial charge in [-0.15, -0.1) is 0 Å². The number of rotatable bonds is 23. The fourth-order valence-corrected chi connectivity index (χ4v) is 8.87. The van der Waals surface area contributed by atoms with Crippen molar-refractivity contribution in [3.63, 3.8) is 0 Å². The zero-order valence-corrected chi connectivity index (χ0v) is 43.0. The Labute approximate surface area is 450 Å². The van der Waals surface area contributed by atoms with Crippen molar-refractivity contribution in [1.29, 1.82) is 0 Å². The fourth-order valence-electron chi connectivity index (χ4n) is 8.05. The van der Waals surface area contributed by atoms with Crippen molar-refractivity contribution in [2.75, 3.05) is 19.0 Å². The van der Waals surface area contributed by atoms with Crippen LogP contribution in [0.15, 0.2) is 122 Å². The quantitative estimate of drug-likeness (QED) is 0.0160. The lowest BCUT2D eigenvalue weighted by Crippen LogP contribution is -2.30. The van der Waals surface area contributed by atoms with E-state index in [0.29, 0.717) is 62.1 Å². The van der Waals surface area contributed by atoms with Crippen LogP contribution in [0.2, 0.25) is 0 Å². The summed E-state index contributed by atoms with van der Waals surface area (Å²) >= 11 is 1.38. The van der Waals surface area contributed by atoms with Crippen LogP contribution in [0.25, 0.3) is 10.2 Å². The summed E-state index contributed by atoms with van der Waals surface area (Å²) in [6.45, 7) is 10.6. The third-order valence-corrected chi connectivity index (χ3v) is 13.1.